The Kier molecular flexibility index (Phi) is 3.73. The molecule has 0 unspecified atom stereocenters. The van der Waals surface area contributed by atoms with E-state index in [4.69, 9.17) is 0 Å². The molecule has 0 radical (unpaired) electrons. The molecule has 0 aliphatic carbocycles. The first-order valence-electron chi connectivity index (χ1n) is 8.81. The van der Waals surface area contributed by atoms with Gasteiger partial charge in [0.25, 0.3) is 5.56 Å². The molecule has 3 heterocycles. The average molecular weight is 389 g/mol. The number of benzene rings is 2. The molecular formula is C21H13F2N5O. The molecule has 142 valence electrons. The van der Waals surface area contributed by atoms with E-state index >= 15 is 0 Å². The molecule has 5 aromatic rings. The van der Waals surface area contributed by atoms with E-state index < -0.39 is 11.6 Å². The molecule has 6 nitrogen and oxygen atoms in total. The van der Waals surface area contributed by atoms with Crippen LogP contribution in [0.4, 0.5) is 8.78 Å². The number of allylic oxidation sites excluding steroid dienone is 1. The largest absolute Gasteiger partial charge is 0.295 e. The third-order valence-corrected chi connectivity index (χ3v) is 4.71. The van der Waals surface area contributed by atoms with E-state index in [0.29, 0.717) is 16.6 Å². The quantitative estimate of drug-likeness (QED) is 0.441. The number of halogens is 2. The predicted octanol–water partition coefficient (Wildman–Crippen LogP) is 3.75. The second-order valence-corrected chi connectivity index (χ2v) is 6.51. The SMILES string of the molecule is C=CCn1cnc2c(c1=O)c1nc3ccccc3nc1n2-c1ccc(F)cc1F. The molecule has 0 aliphatic heterocycles. The van der Waals surface area contributed by atoms with Gasteiger partial charge in [-0.1, -0.05) is 18.2 Å². The monoisotopic (exact) mass is 389 g/mol. The molecular weight excluding hydrogens is 376 g/mol. The van der Waals surface area contributed by atoms with Crippen molar-refractivity contribution in [2.75, 3.05) is 0 Å². The molecule has 0 N–H and O–H groups in total. The van der Waals surface area contributed by atoms with Gasteiger partial charge < -0.3 is 0 Å². The van der Waals surface area contributed by atoms with Crippen molar-refractivity contribution in [2.45, 2.75) is 6.54 Å². The molecule has 3 aromatic heterocycles. The van der Waals surface area contributed by atoms with E-state index in [2.05, 4.69) is 21.5 Å². The summed E-state index contributed by atoms with van der Waals surface area (Å²) in [5, 5.41) is 0.214. The average Bonchev–Trinajstić information content (AvgIpc) is 3.02. The number of hydrogen-bond acceptors (Lipinski definition) is 4. The van der Waals surface area contributed by atoms with Crippen LogP contribution in [0, 0.1) is 11.6 Å². The fraction of sp³-hybridized carbons (Fsp3) is 0.0476. The van der Waals surface area contributed by atoms with E-state index in [9.17, 15) is 13.6 Å². The van der Waals surface area contributed by atoms with Crippen molar-refractivity contribution in [1.29, 1.82) is 0 Å². The molecule has 29 heavy (non-hydrogen) atoms. The predicted molar refractivity (Wildman–Crippen MR) is 106 cm³/mol. The first-order chi connectivity index (χ1) is 14.1. The van der Waals surface area contributed by atoms with E-state index in [1.165, 1.54) is 21.5 Å². The molecule has 0 saturated carbocycles. The van der Waals surface area contributed by atoms with Crippen molar-refractivity contribution in [2.24, 2.45) is 0 Å². The summed E-state index contributed by atoms with van der Waals surface area (Å²) in [7, 11) is 0. The standard InChI is InChI=1S/C21H13F2N5O/c1-2-9-27-11-24-19-17(21(27)29)18-20(26-15-6-4-3-5-14(15)25-18)28(19)16-8-7-12(22)10-13(16)23/h2-8,10-11H,1,9H2. The second-order valence-electron chi connectivity index (χ2n) is 6.51. The first kappa shape index (κ1) is 17.2. The maximum absolute atomic E-state index is 14.7. The zero-order chi connectivity index (χ0) is 20.1. The van der Waals surface area contributed by atoms with Crippen LogP contribution in [0.25, 0.3) is 38.9 Å². The van der Waals surface area contributed by atoms with Gasteiger partial charge in [0.2, 0.25) is 0 Å². The van der Waals surface area contributed by atoms with Crippen molar-refractivity contribution >= 4 is 33.2 Å². The number of nitrogens with zero attached hydrogens (tertiary/aromatic N) is 5. The van der Waals surface area contributed by atoms with Crippen LogP contribution in [-0.2, 0) is 6.54 Å². The molecule has 0 amide bonds. The smallest absolute Gasteiger partial charge is 0.265 e. The van der Waals surface area contributed by atoms with Crippen LogP contribution < -0.4 is 5.56 Å². The molecule has 8 heteroatoms. The third-order valence-electron chi connectivity index (χ3n) is 4.71. The Labute approximate surface area is 162 Å². The topological polar surface area (TPSA) is 65.6 Å². The van der Waals surface area contributed by atoms with Crippen LogP contribution in [0.2, 0.25) is 0 Å². The Morgan fingerprint density at radius 1 is 1.03 bits per heavy atom. The van der Waals surface area contributed by atoms with Gasteiger partial charge in [-0.3, -0.25) is 13.9 Å². The minimum atomic E-state index is -0.796. The number of para-hydroxylation sites is 2. The summed E-state index contributed by atoms with van der Waals surface area (Å²) >= 11 is 0. The number of aromatic nitrogens is 5. The number of fused-ring (bicyclic) bond motifs is 4. The Morgan fingerprint density at radius 2 is 1.79 bits per heavy atom. The summed E-state index contributed by atoms with van der Waals surface area (Å²) in [6.45, 7) is 3.91. The number of hydrogen-bond donors (Lipinski definition) is 0. The fourth-order valence-electron chi connectivity index (χ4n) is 3.43. The van der Waals surface area contributed by atoms with Crippen molar-refractivity contribution < 1.29 is 8.78 Å². The molecule has 5 rings (SSSR count). The minimum Gasteiger partial charge on any atom is -0.295 e. The van der Waals surface area contributed by atoms with Crippen LogP contribution >= 0.6 is 0 Å². The summed E-state index contributed by atoms with van der Waals surface area (Å²) in [5.41, 5.74) is 1.64. The summed E-state index contributed by atoms with van der Waals surface area (Å²) < 4.78 is 30.9. The van der Waals surface area contributed by atoms with E-state index in [1.54, 1.807) is 18.2 Å². The van der Waals surface area contributed by atoms with Gasteiger partial charge >= 0.3 is 0 Å². The highest BCUT2D eigenvalue weighted by atomic mass is 19.1. The van der Waals surface area contributed by atoms with E-state index in [0.717, 1.165) is 12.1 Å². The first-order valence-corrected chi connectivity index (χ1v) is 8.81. The maximum Gasteiger partial charge on any atom is 0.265 e. The molecule has 0 atom stereocenters. The number of rotatable bonds is 3. The van der Waals surface area contributed by atoms with Gasteiger partial charge in [0.15, 0.2) is 11.3 Å². The highest BCUT2D eigenvalue weighted by molar-refractivity contribution is 6.05. The van der Waals surface area contributed by atoms with Gasteiger partial charge in [0.05, 0.1) is 16.7 Å². The summed E-state index contributed by atoms with van der Waals surface area (Å²) in [4.78, 5) is 26.7. The summed E-state index contributed by atoms with van der Waals surface area (Å²) in [6.07, 6.45) is 2.94. The van der Waals surface area contributed by atoms with Gasteiger partial charge in [-0.2, -0.15) is 0 Å². The van der Waals surface area contributed by atoms with Gasteiger partial charge in [-0.25, -0.2) is 23.7 Å². The molecule has 2 aromatic carbocycles. The van der Waals surface area contributed by atoms with Crippen molar-refractivity contribution in [3.8, 4) is 5.69 Å². The molecule has 0 spiro atoms. The maximum atomic E-state index is 14.7. The highest BCUT2D eigenvalue weighted by Crippen LogP contribution is 2.29. The highest BCUT2D eigenvalue weighted by Gasteiger charge is 2.22. The van der Waals surface area contributed by atoms with Crippen molar-refractivity contribution in [3.05, 3.63) is 83.4 Å². The van der Waals surface area contributed by atoms with Crippen LogP contribution in [0.15, 0.2) is 66.2 Å². The van der Waals surface area contributed by atoms with Crippen LogP contribution in [0.3, 0.4) is 0 Å². The fourth-order valence-corrected chi connectivity index (χ4v) is 3.43. The normalized spacial score (nSPS) is 11.5. The Bertz CT molecular complexity index is 1500. The molecule has 0 saturated heterocycles. The van der Waals surface area contributed by atoms with E-state index in [1.807, 2.05) is 12.1 Å². The van der Waals surface area contributed by atoms with Gasteiger partial charge in [0.1, 0.15) is 28.9 Å². The van der Waals surface area contributed by atoms with Crippen molar-refractivity contribution in [3.63, 3.8) is 0 Å². The Balaban J connectivity index is 2.01. The third kappa shape index (κ3) is 2.53. The lowest BCUT2D eigenvalue weighted by Gasteiger charge is -2.08. The summed E-state index contributed by atoms with van der Waals surface area (Å²) in [5.74, 6) is -1.50. The van der Waals surface area contributed by atoms with Crippen molar-refractivity contribution in [1.82, 2.24) is 24.1 Å². The zero-order valence-electron chi connectivity index (χ0n) is 15.0. The van der Waals surface area contributed by atoms with Gasteiger partial charge in [0, 0.05) is 12.6 Å². The minimum absolute atomic E-state index is 0.0318. The van der Waals surface area contributed by atoms with Gasteiger partial charge in [-0.15, -0.1) is 6.58 Å². The van der Waals surface area contributed by atoms with E-state index in [-0.39, 0.29) is 34.5 Å². The molecule has 0 fully saturated rings. The lowest BCUT2D eigenvalue weighted by molar-refractivity contribution is 0.579. The van der Waals surface area contributed by atoms with Gasteiger partial charge in [-0.05, 0) is 24.3 Å². The zero-order valence-corrected chi connectivity index (χ0v) is 15.0. The van der Waals surface area contributed by atoms with Crippen LogP contribution in [0.5, 0.6) is 0 Å². The lowest BCUT2D eigenvalue weighted by atomic mass is 10.3. The Morgan fingerprint density at radius 3 is 2.52 bits per heavy atom. The van der Waals surface area contributed by atoms with Crippen LogP contribution in [0.1, 0.15) is 0 Å². The second kappa shape index (κ2) is 6.30. The van der Waals surface area contributed by atoms with Crippen LogP contribution in [-0.4, -0.2) is 24.1 Å². The lowest BCUT2D eigenvalue weighted by Crippen LogP contribution is -2.20. The molecule has 0 aliphatic rings. The Hall–Kier alpha value is -3.94. The summed E-state index contributed by atoms with van der Waals surface area (Å²) in [6, 6.07) is 10.4. The molecule has 0 bridgehead atoms.